The van der Waals surface area contributed by atoms with Gasteiger partial charge in [0, 0.05) is 38.1 Å². The average Bonchev–Trinajstić information content (AvgIpc) is 2.99. The van der Waals surface area contributed by atoms with Crippen molar-refractivity contribution in [1.82, 2.24) is 9.91 Å². The van der Waals surface area contributed by atoms with Crippen LogP contribution in [0.3, 0.4) is 0 Å². The van der Waals surface area contributed by atoms with Crippen molar-refractivity contribution in [2.75, 3.05) is 37.6 Å². The van der Waals surface area contributed by atoms with Crippen molar-refractivity contribution < 1.29 is 0 Å². The maximum atomic E-state index is 6.17. The number of hydrazine groups is 1. The standard InChI is InChI=1S/C21H30N4/c22-25-17-18(20-10-4-5-11-21(20)25)7-6-12-23-13-15-24(16-14-23)19-8-2-1-3-9-19/h1-3,8-10,17,21H,4-7,11-16,22H2. The first-order valence-corrected chi connectivity index (χ1v) is 9.78. The van der Waals surface area contributed by atoms with Crippen molar-refractivity contribution in [3.8, 4) is 0 Å². The summed E-state index contributed by atoms with van der Waals surface area (Å²) in [5, 5.41) is 1.94. The van der Waals surface area contributed by atoms with E-state index in [1.54, 1.807) is 0 Å². The van der Waals surface area contributed by atoms with Crippen molar-refractivity contribution >= 4 is 5.69 Å². The van der Waals surface area contributed by atoms with E-state index in [1.165, 1.54) is 62.2 Å². The van der Waals surface area contributed by atoms with Crippen LogP contribution in [0.5, 0.6) is 0 Å². The van der Waals surface area contributed by atoms with Gasteiger partial charge >= 0.3 is 0 Å². The zero-order valence-corrected chi connectivity index (χ0v) is 15.1. The lowest BCUT2D eigenvalue weighted by molar-refractivity contribution is 0.255. The largest absolute Gasteiger partial charge is 0.369 e. The number of hydrogen-bond donors (Lipinski definition) is 1. The van der Waals surface area contributed by atoms with Crippen molar-refractivity contribution in [2.45, 2.75) is 38.1 Å². The molecular formula is C21H30N4. The molecule has 4 heteroatoms. The fourth-order valence-electron chi connectivity index (χ4n) is 4.43. The summed E-state index contributed by atoms with van der Waals surface area (Å²) in [7, 11) is 0. The molecule has 25 heavy (non-hydrogen) atoms. The van der Waals surface area contributed by atoms with Crippen LogP contribution in [0.15, 0.2) is 53.8 Å². The molecule has 0 aromatic heterocycles. The van der Waals surface area contributed by atoms with E-state index < -0.39 is 0 Å². The molecule has 0 radical (unpaired) electrons. The van der Waals surface area contributed by atoms with Gasteiger partial charge in [0.05, 0.1) is 6.04 Å². The van der Waals surface area contributed by atoms with Gasteiger partial charge in [0.2, 0.25) is 0 Å². The monoisotopic (exact) mass is 338 g/mol. The topological polar surface area (TPSA) is 35.7 Å². The zero-order valence-electron chi connectivity index (χ0n) is 15.1. The van der Waals surface area contributed by atoms with E-state index in [1.807, 2.05) is 5.01 Å². The number of benzene rings is 1. The molecule has 1 aromatic carbocycles. The van der Waals surface area contributed by atoms with Gasteiger partial charge in [-0.2, -0.15) is 0 Å². The molecule has 1 atom stereocenters. The van der Waals surface area contributed by atoms with Crippen LogP contribution in [-0.2, 0) is 0 Å². The first-order chi connectivity index (χ1) is 12.3. The second-order valence-corrected chi connectivity index (χ2v) is 7.48. The van der Waals surface area contributed by atoms with Gasteiger partial charge in [-0.05, 0) is 61.9 Å². The van der Waals surface area contributed by atoms with E-state index in [4.69, 9.17) is 5.84 Å². The fourth-order valence-corrected chi connectivity index (χ4v) is 4.43. The summed E-state index contributed by atoms with van der Waals surface area (Å²) in [6.45, 7) is 5.81. The van der Waals surface area contributed by atoms with Gasteiger partial charge in [-0.25, -0.2) is 5.84 Å². The molecule has 1 saturated heterocycles. The number of nitrogens with two attached hydrogens (primary N) is 1. The third-order valence-corrected chi connectivity index (χ3v) is 5.85. The summed E-state index contributed by atoms with van der Waals surface area (Å²) < 4.78 is 0. The smallest absolute Gasteiger partial charge is 0.0695 e. The maximum Gasteiger partial charge on any atom is 0.0695 e. The molecular weight excluding hydrogens is 308 g/mol. The molecule has 0 bridgehead atoms. The third-order valence-electron chi connectivity index (χ3n) is 5.85. The first-order valence-electron chi connectivity index (χ1n) is 9.78. The summed E-state index contributed by atoms with van der Waals surface area (Å²) in [6, 6.07) is 11.2. The molecule has 0 spiro atoms. The van der Waals surface area contributed by atoms with Crippen molar-refractivity contribution in [3.05, 3.63) is 53.8 Å². The molecule has 1 aromatic rings. The first kappa shape index (κ1) is 16.7. The molecule has 3 aliphatic rings. The van der Waals surface area contributed by atoms with Crippen LogP contribution < -0.4 is 10.7 Å². The average molecular weight is 338 g/mol. The predicted octanol–water partition coefficient (Wildman–Crippen LogP) is 3.14. The van der Waals surface area contributed by atoms with Crippen LogP contribution in [0.2, 0.25) is 0 Å². The Labute approximate surface area is 151 Å². The molecule has 2 N–H and O–H groups in total. The Balaban J connectivity index is 1.23. The molecule has 0 amide bonds. The van der Waals surface area contributed by atoms with Crippen LogP contribution in [0.1, 0.15) is 32.1 Å². The Kier molecular flexibility index (Phi) is 5.09. The third kappa shape index (κ3) is 3.75. The lowest BCUT2D eigenvalue weighted by atomic mass is 9.90. The van der Waals surface area contributed by atoms with Crippen LogP contribution in [-0.4, -0.2) is 48.7 Å². The maximum absolute atomic E-state index is 6.17. The molecule has 4 nitrogen and oxygen atoms in total. The highest BCUT2D eigenvalue weighted by Gasteiger charge is 2.29. The van der Waals surface area contributed by atoms with E-state index in [2.05, 4.69) is 52.4 Å². The van der Waals surface area contributed by atoms with E-state index >= 15 is 0 Å². The van der Waals surface area contributed by atoms with Gasteiger partial charge in [-0.1, -0.05) is 24.3 Å². The Morgan fingerprint density at radius 2 is 1.84 bits per heavy atom. The van der Waals surface area contributed by atoms with E-state index in [0.717, 1.165) is 19.5 Å². The number of piperazine rings is 1. The fraction of sp³-hybridized carbons (Fsp3) is 0.524. The van der Waals surface area contributed by atoms with Crippen LogP contribution >= 0.6 is 0 Å². The second-order valence-electron chi connectivity index (χ2n) is 7.48. The summed E-state index contributed by atoms with van der Waals surface area (Å²) in [5.74, 6) is 6.17. The molecule has 1 aliphatic carbocycles. The Morgan fingerprint density at radius 3 is 2.64 bits per heavy atom. The van der Waals surface area contributed by atoms with Gasteiger partial charge in [0.25, 0.3) is 0 Å². The number of nitrogens with zero attached hydrogens (tertiary/aromatic N) is 3. The molecule has 1 unspecified atom stereocenters. The van der Waals surface area contributed by atoms with Crippen molar-refractivity contribution in [2.24, 2.45) is 5.84 Å². The lowest BCUT2D eigenvalue weighted by Gasteiger charge is -2.36. The highest BCUT2D eigenvalue weighted by atomic mass is 15.4. The zero-order chi connectivity index (χ0) is 17.1. The van der Waals surface area contributed by atoms with E-state index in [0.29, 0.717) is 6.04 Å². The quantitative estimate of drug-likeness (QED) is 0.837. The molecule has 4 rings (SSSR count). The van der Waals surface area contributed by atoms with Crippen LogP contribution in [0, 0.1) is 0 Å². The number of hydrogen-bond acceptors (Lipinski definition) is 4. The highest BCUT2D eigenvalue weighted by molar-refractivity contribution is 5.46. The predicted molar refractivity (Wildman–Crippen MR) is 104 cm³/mol. The van der Waals surface area contributed by atoms with Gasteiger partial charge < -0.3 is 9.91 Å². The minimum Gasteiger partial charge on any atom is -0.369 e. The van der Waals surface area contributed by atoms with Crippen LogP contribution in [0.4, 0.5) is 5.69 Å². The number of fused-ring (bicyclic) bond motifs is 1. The van der Waals surface area contributed by atoms with Crippen molar-refractivity contribution in [1.29, 1.82) is 0 Å². The number of rotatable bonds is 5. The van der Waals surface area contributed by atoms with Gasteiger partial charge in [-0.3, -0.25) is 4.90 Å². The molecule has 2 aliphatic heterocycles. The number of anilines is 1. The van der Waals surface area contributed by atoms with Gasteiger partial charge in [0.15, 0.2) is 0 Å². The summed E-state index contributed by atoms with van der Waals surface area (Å²) in [4.78, 5) is 5.11. The Hall–Kier alpha value is -1.78. The van der Waals surface area contributed by atoms with Crippen LogP contribution in [0.25, 0.3) is 0 Å². The second kappa shape index (κ2) is 7.63. The molecule has 1 fully saturated rings. The minimum absolute atomic E-state index is 0.457. The summed E-state index contributed by atoms with van der Waals surface area (Å²) in [6.07, 6.45) is 10.7. The van der Waals surface area contributed by atoms with E-state index in [9.17, 15) is 0 Å². The van der Waals surface area contributed by atoms with Crippen molar-refractivity contribution in [3.63, 3.8) is 0 Å². The SMILES string of the molecule is NN1C=C(CCCN2CCN(c3ccccc3)CC2)C2=CCCCC21. The molecule has 2 heterocycles. The summed E-state index contributed by atoms with van der Waals surface area (Å²) in [5.41, 5.74) is 4.36. The normalized spacial score (nSPS) is 24.1. The number of para-hydroxylation sites is 1. The van der Waals surface area contributed by atoms with E-state index in [-0.39, 0.29) is 0 Å². The summed E-state index contributed by atoms with van der Waals surface area (Å²) >= 11 is 0. The highest BCUT2D eigenvalue weighted by Crippen LogP contribution is 2.35. The minimum atomic E-state index is 0.457. The van der Waals surface area contributed by atoms with Gasteiger partial charge in [-0.15, -0.1) is 0 Å². The Bertz CT molecular complexity index is 629. The number of allylic oxidation sites excluding steroid dienone is 1. The molecule has 0 saturated carbocycles. The molecule has 134 valence electrons. The lowest BCUT2D eigenvalue weighted by Crippen LogP contribution is -2.46. The van der Waals surface area contributed by atoms with Gasteiger partial charge in [0.1, 0.15) is 0 Å². The Morgan fingerprint density at radius 1 is 1.04 bits per heavy atom.